The highest BCUT2D eigenvalue weighted by Gasteiger charge is 2.12. The van der Waals surface area contributed by atoms with Crippen LogP contribution < -0.4 is 5.32 Å². The number of anilines is 1. The summed E-state index contributed by atoms with van der Waals surface area (Å²) >= 11 is 0. The van der Waals surface area contributed by atoms with Gasteiger partial charge in [-0.3, -0.25) is 0 Å². The Balaban J connectivity index is 2.19. The lowest BCUT2D eigenvalue weighted by Gasteiger charge is -2.15. The smallest absolute Gasteiger partial charge is 0.149 e. The Kier molecular flexibility index (Phi) is 3.08. The minimum atomic E-state index is -0.606. The molecular weight excluding hydrogens is 224 g/mol. The number of imidazole rings is 1. The van der Waals surface area contributed by atoms with Crippen molar-refractivity contribution in [2.75, 3.05) is 5.32 Å². The van der Waals surface area contributed by atoms with Crippen LogP contribution in [-0.4, -0.2) is 9.55 Å². The van der Waals surface area contributed by atoms with E-state index in [0.29, 0.717) is 0 Å². The Morgan fingerprint density at radius 1 is 1.35 bits per heavy atom. The first-order valence-corrected chi connectivity index (χ1v) is 5.26. The summed E-state index contributed by atoms with van der Waals surface area (Å²) in [6.07, 6.45) is 3.49. The molecule has 2 rings (SSSR count). The molecule has 3 nitrogen and oxygen atoms in total. The number of aromatic nitrogens is 2. The van der Waals surface area contributed by atoms with E-state index >= 15 is 0 Å². The van der Waals surface area contributed by atoms with Crippen molar-refractivity contribution in [2.24, 2.45) is 7.05 Å². The highest BCUT2D eigenvalue weighted by molar-refractivity contribution is 5.45. The molecule has 0 bridgehead atoms. The van der Waals surface area contributed by atoms with Crippen molar-refractivity contribution in [3.63, 3.8) is 0 Å². The van der Waals surface area contributed by atoms with Gasteiger partial charge in [0.25, 0.3) is 0 Å². The molecule has 0 radical (unpaired) electrons. The van der Waals surface area contributed by atoms with Crippen LogP contribution >= 0.6 is 0 Å². The summed E-state index contributed by atoms with van der Waals surface area (Å²) in [7, 11) is 1.86. The molecule has 0 aliphatic heterocycles. The third kappa shape index (κ3) is 2.43. The molecule has 1 N–H and O–H groups in total. The number of halogens is 2. The lowest BCUT2D eigenvalue weighted by Crippen LogP contribution is -2.12. The summed E-state index contributed by atoms with van der Waals surface area (Å²) in [6.45, 7) is 1.87. The van der Waals surface area contributed by atoms with Gasteiger partial charge in [0, 0.05) is 25.5 Å². The number of nitrogens with one attached hydrogen (secondary N) is 1. The molecule has 1 atom stereocenters. The average Bonchev–Trinajstić information content (AvgIpc) is 2.68. The number of hydrogen-bond acceptors (Lipinski definition) is 2. The van der Waals surface area contributed by atoms with Crippen LogP contribution in [0.5, 0.6) is 0 Å². The van der Waals surface area contributed by atoms with Crippen LogP contribution in [0.1, 0.15) is 18.8 Å². The van der Waals surface area contributed by atoms with Gasteiger partial charge in [0.15, 0.2) is 0 Å². The van der Waals surface area contributed by atoms with E-state index in [9.17, 15) is 8.78 Å². The number of benzene rings is 1. The molecule has 0 spiro atoms. The second-order valence-electron chi connectivity index (χ2n) is 3.89. The highest BCUT2D eigenvalue weighted by Crippen LogP contribution is 2.20. The Labute approximate surface area is 98.1 Å². The minimum absolute atomic E-state index is 0.157. The van der Waals surface area contributed by atoms with Crippen LogP contribution in [0.15, 0.2) is 30.6 Å². The van der Waals surface area contributed by atoms with Crippen molar-refractivity contribution >= 4 is 5.69 Å². The summed E-state index contributed by atoms with van der Waals surface area (Å²) in [5.41, 5.74) is 0.266. The zero-order valence-electron chi connectivity index (χ0n) is 9.61. The molecule has 1 aromatic carbocycles. The van der Waals surface area contributed by atoms with E-state index in [0.717, 1.165) is 11.9 Å². The fourth-order valence-electron chi connectivity index (χ4n) is 1.70. The van der Waals surface area contributed by atoms with Gasteiger partial charge in [-0.1, -0.05) is 0 Å². The van der Waals surface area contributed by atoms with E-state index in [4.69, 9.17) is 0 Å². The maximum absolute atomic E-state index is 13.4. The van der Waals surface area contributed by atoms with Crippen LogP contribution in [0.3, 0.4) is 0 Å². The highest BCUT2D eigenvalue weighted by atomic mass is 19.1. The van der Waals surface area contributed by atoms with E-state index < -0.39 is 11.6 Å². The van der Waals surface area contributed by atoms with E-state index in [1.165, 1.54) is 12.1 Å². The van der Waals surface area contributed by atoms with Crippen molar-refractivity contribution in [3.8, 4) is 0 Å². The molecule has 0 fully saturated rings. The van der Waals surface area contributed by atoms with Crippen LogP contribution in [-0.2, 0) is 7.05 Å². The van der Waals surface area contributed by atoms with Gasteiger partial charge in [0.05, 0.1) is 11.7 Å². The molecule has 1 heterocycles. The Bertz CT molecular complexity index is 522. The van der Waals surface area contributed by atoms with Crippen LogP contribution in [0.4, 0.5) is 14.5 Å². The normalized spacial score (nSPS) is 12.5. The third-order valence-corrected chi connectivity index (χ3v) is 2.55. The number of nitrogens with zero attached hydrogens (tertiary/aromatic N) is 2. The molecule has 0 saturated heterocycles. The van der Waals surface area contributed by atoms with Gasteiger partial charge in [-0.15, -0.1) is 0 Å². The Morgan fingerprint density at radius 2 is 2.12 bits per heavy atom. The van der Waals surface area contributed by atoms with Gasteiger partial charge in [-0.05, 0) is 19.1 Å². The van der Waals surface area contributed by atoms with Crippen LogP contribution in [0.2, 0.25) is 0 Å². The quantitative estimate of drug-likeness (QED) is 0.889. The summed E-state index contributed by atoms with van der Waals surface area (Å²) < 4.78 is 28.0. The molecule has 5 heteroatoms. The second kappa shape index (κ2) is 4.53. The predicted molar refractivity (Wildman–Crippen MR) is 61.6 cm³/mol. The first kappa shape index (κ1) is 11.6. The molecule has 2 aromatic rings. The first-order chi connectivity index (χ1) is 8.08. The molecule has 0 aliphatic rings. The van der Waals surface area contributed by atoms with Crippen molar-refractivity contribution in [1.82, 2.24) is 9.55 Å². The van der Waals surface area contributed by atoms with E-state index in [-0.39, 0.29) is 11.7 Å². The molecule has 0 aliphatic carbocycles. The van der Waals surface area contributed by atoms with Gasteiger partial charge < -0.3 is 9.88 Å². The molecule has 90 valence electrons. The minimum Gasteiger partial charge on any atom is -0.373 e. The molecule has 0 saturated carbocycles. The summed E-state index contributed by atoms with van der Waals surface area (Å²) in [5, 5.41) is 2.96. The van der Waals surface area contributed by atoms with E-state index in [1.807, 2.05) is 24.7 Å². The zero-order chi connectivity index (χ0) is 12.4. The summed E-state index contributed by atoms with van der Waals surface area (Å²) in [5.74, 6) is -0.405. The maximum Gasteiger partial charge on any atom is 0.149 e. The molecule has 0 amide bonds. The first-order valence-electron chi connectivity index (χ1n) is 5.26. The van der Waals surface area contributed by atoms with Gasteiger partial charge in [-0.2, -0.15) is 0 Å². The van der Waals surface area contributed by atoms with Crippen molar-refractivity contribution in [3.05, 3.63) is 48.1 Å². The molecule has 1 unspecified atom stereocenters. The fourth-order valence-corrected chi connectivity index (χ4v) is 1.70. The summed E-state index contributed by atoms with van der Waals surface area (Å²) in [6, 6.07) is 3.30. The lowest BCUT2D eigenvalue weighted by molar-refractivity contribution is 0.582. The van der Waals surface area contributed by atoms with Gasteiger partial charge in [0.2, 0.25) is 0 Å². The largest absolute Gasteiger partial charge is 0.373 e. The second-order valence-corrected chi connectivity index (χ2v) is 3.89. The van der Waals surface area contributed by atoms with Crippen LogP contribution in [0.25, 0.3) is 0 Å². The SMILES string of the molecule is CC(Nc1ccc(F)cc1F)c1nccn1C. The van der Waals surface area contributed by atoms with Gasteiger partial charge >= 0.3 is 0 Å². The average molecular weight is 237 g/mol. The van der Waals surface area contributed by atoms with Crippen molar-refractivity contribution < 1.29 is 8.78 Å². The van der Waals surface area contributed by atoms with Gasteiger partial charge in [-0.25, -0.2) is 13.8 Å². The zero-order valence-corrected chi connectivity index (χ0v) is 9.61. The van der Waals surface area contributed by atoms with E-state index in [1.54, 1.807) is 6.20 Å². The van der Waals surface area contributed by atoms with Crippen molar-refractivity contribution in [2.45, 2.75) is 13.0 Å². The van der Waals surface area contributed by atoms with Gasteiger partial charge in [0.1, 0.15) is 17.5 Å². The molecular formula is C12H13F2N3. The Hall–Kier alpha value is -1.91. The number of rotatable bonds is 3. The van der Waals surface area contributed by atoms with Crippen LogP contribution in [0, 0.1) is 11.6 Å². The maximum atomic E-state index is 13.4. The lowest BCUT2D eigenvalue weighted by atomic mass is 10.2. The topological polar surface area (TPSA) is 29.9 Å². The molecule has 17 heavy (non-hydrogen) atoms. The number of hydrogen-bond donors (Lipinski definition) is 1. The van der Waals surface area contributed by atoms with Crippen molar-refractivity contribution in [1.29, 1.82) is 0 Å². The number of aryl methyl sites for hydroxylation is 1. The predicted octanol–water partition coefficient (Wildman–Crippen LogP) is 2.87. The fraction of sp³-hybridized carbons (Fsp3) is 0.250. The standard InChI is InChI=1S/C12H13F2N3/c1-8(12-15-5-6-17(12)2)16-11-4-3-9(13)7-10(11)14/h3-8,16H,1-2H3. The summed E-state index contributed by atoms with van der Waals surface area (Å²) in [4.78, 5) is 4.16. The third-order valence-electron chi connectivity index (χ3n) is 2.55. The monoisotopic (exact) mass is 237 g/mol. The Morgan fingerprint density at radius 3 is 2.71 bits per heavy atom. The molecule has 1 aromatic heterocycles. The van der Waals surface area contributed by atoms with E-state index in [2.05, 4.69) is 10.3 Å².